The SMILES string of the molecule is Brc1ccsc1-c1nc2sc(-c3sccc3Br)nc2s1. The van der Waals surface area contributed by atoms with Crippen molar-refractivity contribution in [1.29, 1.82) is 0 Å². The predicted molar refractivity (Wildman–Crippen MR) is 97.3 cm³/mol. The standard InChI is InChI=1S/C12H4Br2N2S4/c13-5-1-3-17-7(5)9-15-11-12(19-9)16-10(20-11)8-6(14)2-4-18-8/h1-4H. The summed E-state index contributed by atoms with van der Waals surface area (Å²) in [6.07, 6.45) is 0. The van der Waals surface area contributed by atoms with Crippen LogP contribution in [0.4, 0.5) is 0 Å². The summed E-state index contributed by atoms with van der Waals surface area (Å²) in [5, 5.41) is 6.21. The lowest BCUT2D eigenvalue weighted by molar-refractivity contribution is 1.50. The van der Waals surface area contributed by atoms with Gasteiger partial charge in [-0.25, -0.2) is 9.97 Å². The molecule has 4 rings (SSSR count). The molecule has 4 heterocycles. The number of thiazole rings is 2. The van der Waals surface area contributed by atoms with E-state index < -0.39 is 0 Å². The van der Waals surface area contributed by atoms with Crippen molar-refractivity contribution in [3.8, 4) is 19.8 Å². The molecule has 0 unspecified atom stereocenters. The van der Waals surface area contributed by atoms with Crippen molar-refractivity contribution in [2.24, 2.45) is 0 Å². The van der Waals surface area contributed by atoms with Crippen molar-refractivity contribution >= 4 is 86.9 Å². The Morgan fingerprint density at radius 2 is 1.20 bits per heavy atom. The second-order valence-corrected chi connectivity index (χ2v) is 9.34. The lowest BCUT2D eigenvalue weighted by Gasteiger charge is -1.91. The van der Waals surface area contributed by atoms with Gasteiger partial charge in [0.2, 0.25) is 0 Å². The van der Waals surface area contributed by atoms with Gasteiger partial charge in [0.05, 0.1) is 9.75 Å². The zero-order valence-electron chi connectivity index (χ0n) is 9.59. The molecule has 8 heteroatoms. The van der Waals surface area contributed by atoms with Gasteiger partial charge in [-0.1, -0.05) is 22.7 Å². The van der Waals surface area contributed by atoms with Crippen molar-refractivity contribution in [3.05, 3.63) is 31.8 Å². The summed E-state index contributed by atoms with van der Waals surface area (Å²) in [6.45, 7) is 0. The Morgan fingerprint density at radius 3 is 1.55 bits per heavy atom. The molecule has 0 aliphatic rings. The van der Waals surface area contributed by atoms with Gasteiger partial charge in [-0.15, -0.1) is 22.7 Å². The van der Waals surface area contributed by atoms with Crippen molar-refractivity contribution in [2.45, 2.75) is 0 Å². The Hall–Kier alpha value is -0.120. The van der Waals surface area contributed by atoms with E-state index in [1.54, 1.807) is 45.3 Å². The number of hydrogen-bond acceptors (Lipinski definition) is 6. The summed E-state index contributed by atoms with van der Waals surface area (Å²) in [5.41, 5.74) is 0. The minimum Gasteiger partial charge on any atom is -0.222 e. The second kappa shape index (κ2) is 5.26. The van der Waals surface area contributed by atoms with Gasteiger partial charge in [0, 0.05) is 8.95 Å². The zero-order valence-corrected chi connectivity index (χ0v) is 16.0. The van der Waals surface area contributed by atoms with Gasteiger partial charge in [-0.3, -0.25) is 0 Å². The number of thiophene rings is 2. The first-order valence-corrected chi connectivity index (χ1v) is 10.4. The average Bonchev–Trinajstić information content (AvgIpc) is 3.10. The van der Waals surface area contributed by atoms with E-state index in [9.17, 15) is 0 Å². The highest BCUT2D eigenvalue weighted by molar-refractivity contribution is 9.11. The smallest absolute Gasteiger partial charge is 0.155 e. The third kappa shape index (κ3) is 2.22. The molecule has 0 saturated carbocycles. The number of aromatic nitrogens is 2. The maximum atomic E-state index is 4.72. The molecule has 0 aliphatic carbocycles. The topological polar surface area (TPSA) is 25.8 Å². The lowest BCUT2D eigenvalue weighted by atomic mass is 10.5. The van der Waals surface area contributed by atoms with E-state index in [0.717, 1.165) is 28.6 Å². The van der Waals surface area contributed by atoms with Crippen LogP contribution >= 0.6 is 77.2 Å². The number of nitrogens with zero attached hydrogens (tertiary/aromatic N) is 2. The molecule has 100 valence electrons. The van der Waals surface area contributed by atoms with Crippen LogP contribution in [0.3, 0.4) is 0 Å². The molecule has 0 spiro atoms. The van der Waals surface area contributed by atoms with Gasteiger partial charge in [0.25, 0.3) is 0 Å². The number of rotatable bonds is 2. The van der Waals surface area contributed by atoms with Gasteiger partial charge in [-0.2, -0.15) is 0 Å². The summed E-state index contributed by atoms with van der Waals surface area (Å²) in [6, 6.07) is 4.11. The van der Waals surface area contributed by atoms with E-state index in [1.807, 2.05) is 0 Å². The maximum Gasteiger partial charge on any atom is 0.155 e. The van der Waals surface area contributed by atoms with Crippen molar-refractivity contribution in [1.82, 2.24) is 9.97 Å². The largest absolute Gasteiger partial charge is 0.222 e. The Balaban J connectivity index is 1.82. The van der Waals surface area contributed by atoms with Gasteiger partial charge in [0.1, 0.15) is 10.0 Å². The monoisotopic (exact) mass is 462 g/mol. The van der Waals surface area contributed by atoms with Crippen LogP contribution in [0.25, 0.3) is 29.4 Å². The van der Waals surface area contributed by atoms with Crippen molar-refractivity contribution < 1.29 is 0 Å². The Labute approximate surface area is 147 Å². The van der Waals surface area contributed by atoms with Gasteiger partial charge >= 0.3 is 0 Å². The molecular weight excluding hydrogens is 460 g/mol. The first-order valence-electron chi connectivity index (χ1n) is 5.46. The van der Waals surface area contributed by atoms with Crippen LogP contribution in [0, 0.1) is 0 Å². The summed E-state index contributed by atoms with van der Waals surface area (Å²) < 4.78 is 2.20. The molecule has 0 aromatic carbocycles. The van der Waals surface area contributed by atoms with E-state index >= 15 is 0 Å². The first kappa shape index (κ1) is 13.5. The fraction of sp³-hybridized carbons (Fsp3) is 0. The summed E-state index contributed by atoms with van der Waals surface area (Å²) in [5.74, 6) is 0. The van der Waals surface area contributed by atoms with Crippen molar-refractivity contribution in [2.75, 3.05) is 0 Å². The van der Waals surface area contributed by atoms with Gasteiger partial charge < -0.3 is 0 Å². The third-order valence-electron chi connectivity index (χ3n) is 2.60. The van der Waals surface area contributed by atoms with Crippen LogP contribution in [0.2, 0.25) is 0 Å². The fourth-order valence-electron chi connectivity index (χ4n) is 1.73. The second-order valence-electron chi connectivity index (χ2n) is 3.84. The molecule has 0 amide bonds. The molecule has 0 bridgehead atoms. The van der Waals surface area contributed by atoms with E-state index in [2.05, 4.69) is 54.8 Å². The normalized spacial score (nSPS) is 11.5. The highest BCUT2D eigenvalue weighted by atomic mass is 79.9. The Morgan fingerprint density at radius 1 is 0.750 bits per heavy atom. The molecule has 0 N–H and O–H groups in total. The number of halogens is 2. The van der Waals surface area contributed by atoms with Crippen LogP contribution in [0.5, 0.6) is 0 Å². The maximum absolute atomic E-state index is 4.72. The highest BCUT2D eigenvalue weighted by Crippen LogP contribution is 2.43. The number of fused-ring (bicyclic) bond motifs is 1. The highest BCUT2D eigenvalue weighted by Gasteiger charge is 2.16. The predicted octanol–water partition coefficient (Wildman–Crippen LogP) is 6.73. The molecular formula is C12H4Br2N2S4. The van der Waals surface area contributed by atoms with Gasteiger partial charge in [-0.05, 0) is 54.8 Å². The molecule has 4 aromatic heterocycles. The van der Waals surface area contributed by atoms with Crippen LogP contribution in [-0.2, 0) is 0 Å². The van der Waals surface area contributed by atoms with E-state index in [0.29, 0.717) is 0 Å². The molecule has 4 aromatic rings. The zero-order chi connectivity index (χ0) is 13.7. The summed E-state index contributed by atoms with van der Waals surface area (Å²) >= 11 is 13.8. The average molecular weight is 464 g/mol. The van der Waals surface area contributed by atoms with Crippen LogP contribution in [0.15, 0.2) is 31.8 Å². The first-order chi connectivity index (χ1) is 9.72. The molecule has 20 heavy (non-hydrogen) atoms. The minimum atomic E-state index is 1.01. The minimum absolute atomic E-state index is 1.01. The quantitative estimate of drug-likeness (QED) is 0.329. The summed E-state index contributed by atoms with van der Waals surface area (Å²) in [7, 11) is 0. The molecule has 0 atom stereocenters. The van der Waals surface area contributed by atoms with Crippen LogP contribution in [0.1, 0.15) is 0 Å². The molecule has 0 saturated heterocycles. The third-order valence-corrected chi connectivity index (χ3v) is 8.61. The van der Waals surface area contributed by atoms with Crippen molar-refractivity contribution in [3.63, 3.8) is 0 Å². The Kier molecular flexibility index (Phi) is 3.56. The van der Waals surface area contributed by atoms with Crippen LogP contribution in [-0.4, -0.2) is 9.97 Å². The molecule has 2 nitrogen and oxygen atoms in total. The fourth-order valence-corrected chi connectivity index (χ4v) is 7.37. The lowest BCUT2D eigenvalue weighted by Crippen LogP contribution is -1.70. The van der Waals surface area contributed by atoms with E-state index in [4.69, 9.17) is 9.97 Å². The Bertz CT molecular complexity index is 800. The summed E-state index contributed by atoms with van der Waals surface area (Å²) in [4.78, 5) is 13.8. The van der Waals surface area contributed by atoms with Crippen LogP contribution < -0.4 is 0 Å². The number of hydrogen-bond donors (Lipinski definition) is 0. The van der Waals surface area contributed by atoms with E-state index in [1.165, 1.54) is 9.75 Å². The molecule has 0 aliphatic heterocycles. The molecule has 0 fully saturated rings. The van der Waals surface area contributed by atoms with Gasteiger partial charge in [0.15, 0.2) is 9.66 Å². The molecule has 0 radical (unpaired) electrons. The van der Waals surface area contributed by atoms with E-state index in [-0.39, 0.29) is 0 Å².